The lowest BCUT2D eigenvalue weighted by Gasteiger charge is -2.12. The Bertz CT molecular complexity index is 1060. The Morgan fingerprint density at radius 1 is 1.17 bits per heavy atom. The minimum atomic E-state index is -0.317. The number of hydrogen-bond acceptors (Lipinski definition) is 5. The van der Waals surface area contributed by atoms with Crippen molar-refractivity contribution >= 4 is 57.3 Å². The number of thiazole rings is 1. The van der Waals surface area contributed by atoms with Gasteiger partial charge in [-0.3, -0.25) is 9.59 Å². The van der Waals surface area contributed by atoms with Crippen LogP contribution in [-0.2, 0) is 9.59 Å². The van der Waals surface area contributed by atoms with Gasteiger partial charge in [-0.25, -0.2) is 4.98 Å². The van der Waals surface area contributed by atoms with E-state index in [1.165, 1.54) is 23.1 Å². The van der Waals surface area contributed by atoms with Crippen LogP contribution in [0.25, 0.3) is 11.3 Å². The summed E-state index contributed by atoms with van der Waals surface area (Å²) in [7, 11) is 0. The first kappa shape index (κ1) is 20.9. The summed E-state index contributed by atoms with van der Waals surface area (Å²) in [5.41, 5.74) is 2.51. The van der Waals surface area contributed by atoms with Crippen LogP contribution in [0.3, 0.4) is 0 Å². The smallest absolute Gasteiger partial charge is 0.239 e. The number of thioether (sulfide) groups is 1. The number of amides is 2. The lowest BCUT2D eigenvalue weighted by atomic mass is 10.2. The Morgan fingerprint density at radius 3 is 2.67 bits per heavy atom. The van der Waals surface area contributed by atoms with E-state index in [0.717, 1.165) is 34.7 Å². The first-order valence-corrected chi connectivity index (χ1v) is 11.7. The number of hydrogen-bond donors (Lipinski definition) is 2. The Hall–Kier alpha value is -2.35. The number of aromatic nitrogens is 1. The molecule has 5 nitrogen and oxygen atoms in total. The van der Waals surface area contributed by atoms with Crippen molar-refractivity contribution in [3.63, 3.8) is 0 Å². The monoisotopic (exact) mass is 457 g/mol. The molecule has 0 aliphatic heterocycles. The molecular weight excluding hydrogens is 438 g/mol. The average molecular weight is 458 g/mol. The van der Waals surface area contributed by atoms with Crippen molar-refractivity contribution in [2.45, 2.75) is 29.9 Å². The van der Waals surface area contributed by atoms with Gasteiger partial charge in [0.25, 0.3) is 0 Å². The van der Waals surface area contributed by atoms with E-state index in [-0.39, 0.29) is 23.0 Å². The zero-order valence-electron chi connectivity index (χ0n) is 16.2. The molecule has 1 heterocycles. The molecule has 1 aromatic heterocycles. The molecule has 4 rings (SSSR count). The highest BCUT2D eigenvalue weighted by Crippen LogP contribution is 2.32. The van der Waals surface area contributed by atoms with E-state index in [1.807, 2.05) is 60.8 Å². The van der Waals surface area contributed by atoms with Crippen molar-refractivity contribution in [1.29, 1.82) is 0 Å². The van der Waals surface area contributed by atoms with Gasteiger partial charge in [-0.1, -0.05) is 29.8 Å². The van der Waals surface area contributed by atoms with Crippen molar-refractivity contribution < 1.29 is 9.59 Å². The molecule has 1 atom stereocenters. The largest absolute Gasteiger partial charge is 0.326 e. The summed E-state index contributed by atoms with van der Waals surface area (Å²) >= 11 is 8.75. The van der Waals surface area contributed by atoms with Crippen LogP contribution in [-0.4, -0.2) is 22.0 Å². The van der Waals surface area contributed by atoms with Crippen LogP contribution in [0.4, 0.5) is 10.8 Å². The van der Waals surface area contributed by atoms with Gasteiger partial charge >= 0.3 is 0 Å². The number of carbonyl (C=O) groups excluding carboxylic acids is 2. The predicted octanol–water partition coefficient (Wildman–Crippen LogP) is 5.93. The van der Waals surface area contributed by atoms with Crippen LogP contribution >= 0.6 is 34.7 Å². The minimum absolute atomic E-state index is 0.0724. The van der Waals surface area contributed by atoms with Crippen molar-refractivity contribution in [1.82, 2.24) is 4.98 Å². The molecule has 30 heavy (non-hydrogen) atoms. The van der Waals surface area contributed by atoms with E-state index in [2.05, 4.69) is 15.6 Å². The second-order valence-corrected chi connectivity index (χ2v) is 9.79. The summed E-state index contributed by atoms with van der Waals surface area (Å²) in [6.07, 6.45) is 1.93. The minimum Gasteiger partial charge on any atom is -0.326 e. The number of anilines is 2. The fourth-order valence-corrected chi connectivity index (χ4v) is 4.56. The summed E-state index contributed by atoms with van der Waals surface area (Å²) < 4.78 is 0. The molecule has 1 saturated carbocycles. The molecule has 2 aromatic carbocycles. The summed E-state index contributed by atoms with van der Waals surface area (Å²) in [5.74, 6) is 0.106. The number of nitrogens with one attached hydrogen (secondary N) is 2. The zero-order valence-corrected chi connectivity index (χ0v) is 18.6. The van der Waals surface area contributed by atoms with Crippen LogP contribution in [0.15, 0.2) is 58.8 Å². The molecule has 3 aromatic rings. The summed E-state index contributed by atoms with van der Waals surface area (Å²) in [6.45, 7) is 1.85. The zero-order chi connectivity index (χ0) is 21.1. The van der Waals surface area contributed by atoms with Gasteiger partial charge in [0.2, 0.25) is 11.8 Å². The quantitative estimate of drug-likeness (QED) is 0.431. The number of carbonyl (C=O) groups is 2. The second kappa shape index (κ2) is 9.20. The summed E-state index contributed by atoms with van der Waals surface area (Å²) in [5, 5.41) is 8.64. The van der Waals surface area contributed by atoms with Crippen LogP contribution < -0.4 is 10.6 Å². The Balaban J connectivity index is 1.35. The molecule has 1 aliphatic rings. The fourth-order valence-electron chi connectivity index (χ4n) is 2.79. The average Bonchev–Trinajstić information content (AvgIpc) is 3.48. The van der Waals surface area contributed by atoms with Crippen LogP contribution in [0.2, 0.25) is 5.02 Å². The van der Waals surface area contributed by atoms with E-state index in [1.54, 1.807) is 0 Å². The Labute approximate surface area is 188 Å². The van der Waals surface area contributed by atoms with Gasteiger partial charge in [-0.2, -0.15) is 0 Å². The van der Waals surface area contributed by atoms with E-state index in [0.29, 0.717) is 10.2 Å². The standard InChI is InChI=1S/C22H20ClN3O2S2/c1-13(30-18-4-2-3-17(11-18)24-21(28)15-5-6-15)20(27)26-22-25-19(12-29-22)14-7-9-16(23)10-8-14/h2-4,7-13,15H,5-6H2,1H3,(H,24,28)(H,25,26,27). The number of halogens is 1. The number of rotatable bonds is 7. The Kier molecular flexibility index (Phi) is 6.41. The van der Waals surface area contributed by atoms with Gasteiger partial charge < -0.3 is 10.6 Å². The molecule has 0 bridgehead atoms. The molecule has 0 spiro atoms. The van der Waals surface area contributed by atoms with Crippen molar-refractivity contribution in [3.05, 3.63) is 58.9 Å². The van der Waals surface area contributed by atoms with Crippen LogP contribution in [0.1, 0.15) is 19.8 Å². The third-order valence-electron chi connectivity index (χ3n) is 4.61. The van der Waals surface area contributed by atoms with E-state index in [9.17, 15) is 9.59 Å². The summed E-state index contributed by atoms with van der Waals surface area (Å²) in [6, 6.07) is 15.0. The molecule has 154 valence electrons. The molecule has 8 heteroatoms. The highest BCUT2D eigenvalue weighted by molar-refractivity contribution is 8.00. The third-order valence-corrected chi connectivity index (χ3v) is 6.71. The molecule has 1 aliphatic carbocycles. The molecule has 2 N–H and O–H groups in total. The lowest BCUT2D eigenvalue weighted by molar-refractivity contribution is -0.117. The van der Waals surface area contributed by atoms with Crippen molar-refractivity contribution in [2.24, 2.45) is 5.92 Å². The van der Waals surface area contributed by atoms with Gasteiger partial charge in [-0.05, 0) is 50.1 Å². The highest BCUT2D eigenvalue weighted by atomic mass is 35.5. The molecule has 0 radical (unpaired) electrons. The second-order valence-electron chi connectivity index (χ2n) is 7.09. The van der Waals surface area contributed by atoms with Crippen LogP contribution in [0, 0.1) is 5.92 Å². The fraction of sp³-hybridized carbons (Fsp3) is 0.227. The molecule has 1 fully saturated rings. The molecule has 0 saturated heterocycles. The predicted molar refractivity (Wildman–Crippen MR) is 124 cm³/mol. The number of benzene rings is 2. The summed E-state index contributed by atoms with van der Waals surface area (Å²) in [4.78, 5) is 30.0. The molecular formula is C22H20ClN3O2S2. The first-order chi connectivity index (χ1) is 14.5. The SMILES string of the molecule is CC(Sc1cccc(NC(=O)C2CC2)c1)C(=O)Nc1nc(-c2ccc(Cl)cc2)cs1. The maximum atomic E-state index is 12.6. The lowest BCUT2D eigenvalue weighted by Crippen LogP contribution is -2.22. The molecule has 2 amide bonds. The van der Waals surface area contributed by atoms with E-state index in [4.69, 9.17) is 11.6 Å². The van der Waals surface area contributed by atoms with Gasteiger partial charge in [0, 0.05) is 32.5 Å². The maximum Gasteiger partial charge on any atom is 0.239 e. The van der Waals surface area contributed by atoms with Crippen LogP contribution in [0.5, 0.6) is 0 Å². The van der Waals surface area contributed by atoms with Gasteiger partial charge in [0.1, 0.15) is 0 Å². The Morgan fingerprint density at radius 2 is 1.93 bits per heavy atom. The van der Waals surface area contributed by atoms with E-state index >= 15 is 0 Å². The topological polar surface area (TPSA) is 71.1 Å². The van der Waals surface area contributed by atoms with Gasteiger partial charge in [0.15, 0.2) is 5.13 Å². The van der Waals surface area contributed by atoms with E-state index < -0.39 is 0 Å². The maximum absolute atomic E-state index is 12.6. The normalized spacial score (nSPS) is 14.2. The highest BCUT2D eigenvalue weighted by Gasteiger charge is 2.29. The van der Waals surface area contributed by atoms with Gasteiger partial charge in [0.05, 0.1) is 10.9 Å². The molecule has 1 unspecified atom stereocenters. The van der Waals surface area contributed by atoms with Gasteiger partial charge in [-0.15, -0.1) is 23.1 Å². The third kappa shape index (κ3) is 5.41. The first-order valence-electron chi connectivity index (χ1n) is 9.58. The number of nitrogens with zero attached hydrogens (tertiary/aromatic N) is 1. The van der Waals surface area contributed by atoms with Crippen molar-refractivity contribution in [3.8, 4) is 11.3 Å². The van der Waals surface area contributed by atoms with Crippen molar-refractivity contribution in [2.75, 3.05) is 10.6 Å².